The number of aromatic nitrogens is 3. The van der Waals surface area contributed by atoms with Gasteiger partial charge in [0, 0.05) is 19.0 Å². The summed E-state index contributed by atoms with van der Waals surface area (Å²) in [5.74, 6) is 0. The Bertz CT molecular complexity index is 896. The fourth-order valence-electron chi connectivity index (χ4n) is 2.46. The summed E-state index contributed by atoms with van der Waals surface area (Å²) >= 11 is 1.20. The lowest BCUT2D eigenvalue weighted by atomic mass is 10.2. The van der Waals surface area contributed by atoms with Crippen LogP contribution in [-0.2, 0) is 23.0 Å². The van der Waals surface area contributed by atoms with Gasteiger partial charge in [-0.05, 0) is 12.1 Å². The van der Waals surface area contributed by atoms with Crippen LogP contribution in [0.25, 0.3) is 10.6 Å². The van der Waals surface area contributed by atoms with Gasteiger partial charge in [-0.25, -0.2) is 13.4 Å². The van der Waals surface area contributed by atoms with Gasteiger partial charge >= 0.3 is 0 Å². The lowest BCUT2D eigenvalue weighted by molar-refractivity contribution is 0.386. The summed E-state index contributed by atoms with van der Waals surface area (Å²) in [5, 5.41) is 3.83. The molecule has 1 aliphatic rings. The molecule has 0 aliphatic carbocycles. The number of fused-ring (bicyclic) bond motifs is 1. The Morgan fingerprint density at radius 3 is 3.05 bits per heavy atom. The molecule has 22 heavy (non-hydrogen) atoms. The van der Waals surface area contributed by atoms with E-state index in [4.69, 9.17) is 4.52 Å². The number of H-pyrrole nitrogens is 1. The second-order valence-corrected chi connectivity index (χ2v) is 8.17. The van der Waals surface area contributed by atoms with Gasteiger partial charge in [0.1, 0.15) is 16.2 Å². The third kappa shape index (κ3) is 2.18. The van der Waals surface area contributed by atoms with Crippen molar-refractivity contribution in [2.45, 2.75) is 17.2 Å². The van der Waals surface area contributed by atoms with Crippen LogP contribution in [0, 0.1) is 0 Å². The molecule has 0 spiro atoms. The van der Waals surface area contributed by atoms with Crippen molar-refractivity contribution in [2.75, 3.05) is 6.54 Å². The van der Waals surface area contributed by atoms with E-state index in [9.17, 15) is 8.42 Å². The topological polar surface area (TPSA) is 92.1 Å². The minimum Gasteiger partial charge on any atom is -0.364 e. The number of hydrogen-bond acceptors (Lipinski definition) is 6. The Labute approximate surface area is 130 Å². The highest BCUT2D eigenvalue weighted by Crippen LogP contribution is 2.32. The van der Waals surface area contributed by atoms with Crippen LogP contribution >= 0.6 is 11.3 Å². The second-order valence-electron chi connectivity index (χ2n) is 4.92. The molecule has 0 unspecified atom stereocenters. The van der Waals surface area contributed by atoms with E-state index in [2.05, 4.69) is 15.1 Å². The summed E-state index contributed by atoms with van der Waals surface area (Å²) in [7, 11) is -3.51. The summed E-state index contributed by atoms with van der Waals surface area (Å²) in [5.41, 5.74) is 2.45. The molecular weight excluding hydrogens is 324 g/mol. The monoisotopic (exact) mass is 336 g/mol. The van der Waals surface area contributed by atoms with E-state index in [-0.39, 0.29) is 0 Å². The summed E-state index contributed by atoms with van der Waals surface area (Å²) in [6, 6.07) is 5.08. The molecule has 0 radical (unpaired) electrons. The number of hydrogen-bond donors (Lipinski definition) is 1. The Morgan fingerprint density at radius 2 is 2.23 bits per heavy atom. The van der Waals surface area contributed by atoms with Gasteiger partial charge in [-0.3, -0.25) is 0 Å². The van der Waals surface area contributed by atoms with Crippen molar-refractivity contribution in [3.63, 3.8) is 0 Å². The molecule has 4 rings (SSSR count). The van der Waals surface area contributed by atoms with E-state index >= 15 is 0 Å². The van der Waals surface area contributed by atoms with Crippen molar-refractivity contribution in [1.29, 1.82) is 0 Å². The largest absolute Gasteiger partial charge is 0.364 e. The fraction of sp³-hybridized carbons (Fsp3) is 0.231. The Balaban J connectivity index is 1.64. The predicted molar refractivity (Wildman–Crippen MR) is 79.7 cm³/mol. The first kappa shape index (κ1) is 13.7. The zero-order chi connectivity index (χ0) is 15.2. The number of rotatable bonds is 3. The molecule has 3 aromatic rings. The standard InChI is InChI=1S/C13H12N4O3S2/c18-22(19,17-5-3-9-11(7-17)15-8-14-9)13-2-1-12(21-13)10-4-6-20-16-10/h1-2,4,6,8H,3,5,7H2,(H,14,15). The van der Waals surface area contributed by atoms with Gasteiger partial charge in [0.25, 0.3) is 10.0 Å². The second kappa shape index (κ2) is 5.04. The quantitative estimate of drug-likeness (QED) is 0.788. The highest BCUT2D eigenvalue weighted by molar-refractivity contribution is 7.91. The molecule has 0 saturated heterocycles. The van der Waals surface area contributed by atoms with E-state index < -0.39 is 10.0 Å². The van der Waals surface area contributed by atoms with Crippen LogP contribution in [-0.4, -0.2) is 34.4 Å². The van der Waals surface area contributed by atoms with Crippen molar-refractivity contribution in [2.24, 2.45) is 0 Å². The number of sulfonamides is 1. The van der Waals surface area contributed by atoms with Crippen molar-refractivity contribution >= 4 is 21.4 Å². The fourth-order valence-corrected chi connectivity index (χ4v) is 5.29. The first-order chi connectivity index (χ1) is 10.6. The van der Waals surface area contributed by atoms with Crippen LogP contribution in [0.3, 0.4) is 0 Å². The van der Waals surface area contributed by atoms with Crippen LogP contribution in [0.4, 0.5) is 0 Å². The maximum absolute atomic E-state index is 12.8. The molecule has 0 aromatic carbocycles. The Morgan fingerprint density at radius 1 is 1.32 bits per heavy atom. The number of nitrogens with zero attached hydrogens (tertiary/aromatic N) is 3. The maximum Gasteiger partial charge on any atom is 0.252 e. The summed E-state index contributed by atoms with van der Waals surface area (Å²) in [6.45, 7) is 0.770. The van der Waals surface area contributed by atoms with E-state index in [0.29, 0.717) is 29.4 Å². The first-order valence-electron chi connectivity index (χ1n) is 6.66. The van der Waals surface area contributed by atoms with Crippen molar-refractivity contribution in [3.8, 4) is 10.6 Å². The third-order valence-corrected chi connectivity index (χ3v) is 7.03. The van der Waals surface area contributed by atoms with Gasteiger partial charge in [0.15, 0.2) is 0 Å². The van der Waals surface area contributed by atoms with Crippen LogP contribution < -0.4 is 0 Å². The zero-order valence-electron chi connectivity index (χ0n) is 11.4. The normalized spacial score (nSPS) is 15.8. The van der Waals surface area contributed by atoms with Crippen LogP contribution in [0.15, 0.2) is 39.5 Å². The zero-order valence-corrected chi connectivity index (χ0v) is 13.0. The predicted octanol–water partition coefficient (Wildman–Crippen LogP) is 1.87. The van der Waals surface area contributed by atoms with E-state index in [1.807, 2.05) is 0 Å². The summed E-state index contributed by atoms with van der Waals surface area (Å²) < 4.78 is 32.1. The molecule has 7 nitrogen and oxygen atoms in total. The smallest absolute Gasteiger partial charge is 0.252 e. The molecule has 114 valence electrons. The van der Waals surface area contributed by atoms with Gasteiger partial charge in [0.2, 0.25) is 0 Å². The molecule has 0 atom stereocenters. The highest BCUT2D eigenvalue weighted by atomic mass is 32.2. The molecular formula is C13H12N4O3S2. The summed E-state index contributed by atoms with van der Waals surface area (Å²) in [6.07, 6.45) is 3.70. The van der Waals surface area contributed by atoms with E-state index in [0.717, 1.165) is 16.3 Å². The molecule has 1 N–H and O–H groups in total. The van der Waals surface area contributed by atoms with Gasteiger partial charge in [-0.1, -0.05) is 5.16 Å². The van der Waals surface area contributed by atoms with Crippen LogP contribution in [0.2, 0.25) is 0 Å². The molecule has 0 bridgehead atoms. The average molecular weight is 336 g/mol. The third-order valence-electron chi connectivity index (χ3n) is 3.61. The molecule has 0 amide bonds. The van der Waals surface area contributed by atoms with E-state index in [1.165, 1.54) is 21.9 Å². The van der Waals surface area contributed by atoms with Crippen molar-refractivity contribution < 1.29 is 12.9 Å². The van der Waals surface area contributed by atoms with Gasteiger partial charge in [-0.15, -0.1) is 11.3 Å². The van der Waals surface area contributed by atoms with Gasteiger partial charge in [0.05, 0.1) is 29.1 Å². The Kier molecular flexibility index (Phi) is 3.13. The average Bonchev–Trinajstić information content (AvgIpc) is 3.25. The lowest BCUT2D eigenvalue weighted by Gasteiger charge is -2.24. The molecule has 0 saturated carbocycles. The van der Waals surface area contributed by atoms with Gasteiger partial charge < -0.3 is 9.51 Å². The maximum atomic E-state index is 12.8. The van der Waals surface area contributed by atoms with E-state index in [1.54, 1.807) is 24.5 Å². The first-order valence-corrected chi connectivity index (χ1v) is 8.92. The van der Waals surface area contributed by atoms with Crippen LogP contribution in [0.5, 0.6) is 0 Å². The minimum absolute atomic E-state index is 0.313. The van der Waals surface area contributed by atoms with Crippen molar-refractivity contribution in [1.82, 2.24) is 19.4 Å². The number of nitrogens with one attached hydrogen (secondary N) is 1. The summed E-state index contributed by atoms with van der Waals surface area (Å²) in [4.78, 5) is 7.96. The lowest BCUT2D eigenvalue weighted by Crippen LogP contribution is -2.35. The molecule has 9 heteroatoms. The number of aromatic amines is 1. The molecule has 4 heterocycles. The van der Waals surface area contributed by atoms with Crippen LogP contribution in [0.1, 0.15) is 11.4 Å². The SMILES string of the molecule is O=S(=O)(c1ccc(-c2ccon2)s1)N1CCc2nc[nH]c2C1. The Hall–Kier alpha value is -1.97. The van der Waals surface area contributed by atoms with Crippen molar-refractivity contribution in [3.05, 3.63) is 42.2 Å². The minimum atomic E-state index is -3.51. The number of thiophene rings is 1. The number of imidazole rings is 1. The molecule has 0 fully saturated rings. The highest BCUT2D eigenvalue weighted by Gasteiger charge is 2.30. The molecule has 1 aliphatic heterocycles. The molecule has 3 aromatic heterocycles. The van der Waals surface area contributed by atoms with Gasteiger partial charge in [-0.2, -0.15) is 4.31 Å².